The molecule has 21 heavy (non-hydrogen) atoms. The molecule has 0 radical (unpaired) electrons. The number of aliphatic hydroxyl groups is 1. The number of nitrogens with zero attached hydrogens (tertiary/aromatic N) is 1. The van der Waals surface area contributed by atoms with E-state index in [2.05, 4.69) is 5.32 Å². The Balaban J connectivity index is 2.04. The van der Waals surface area contributed by atoms with Crippen LogP contribution in [-0.2, 0) is 16.4 Å². The maximum atomic E-state index is 12.9. The second-order valence-electron chi connectivity index (χ2n) is 6.35. The van der Waals surface area contributed by atoms with Gasteiger partial charge in [-0.1, -0.05) is 6.07 Å². The Morgan fingerprint density at radius 3 is 2.81 bits per heavy atom. The summed E-state index contributed by atoms with van der Waals surface area (Å²) in [5, 5.41) is 13.4. The van der Waals surface area contributed by atoms with Crippen LogP contribution in [0.5, 0.6) is 0 Å². The first kappa shape index (κ1) is 14.8. The first-order chi connectivity index (χ1) is 9.81. The second-order valence-corrected chi connectivity index (χ2v) is 8.26. The Morgan fingerprint density at radius 1 is 1.38 bits per heavy atom. The van der Waals surface area contributed by atoms with E-state index in [1.165, 1.54) is 4.31 Å². The predicted molar refractivity (Wildman–Crippen MR) is 82.0 cm³/mol. The molecule has 6 heteroatoms. The van der Waals surface area contributed by atoms with Gasteiger partial charge in [-0.05, 0) is 50.3 Å². The summed E-state index contributed by atoms with van der Waals surface area (Å²) in [6, 6.07) is 3.57. The number of benzene rings is 1. The molecule has 1 aromatic rings. The fourth-order valence-electron chi connectivity index (χ4n) is 3.21. The van der Waals surface area contributed by atoms with Crippen molar-refractivity contribution in [2.75, 3.05) is 25.0 Å². The lowest BCUT2D eigenvalue weighted by atomic mass is 10.00. The summed E-state index contributed by atoms with van der Waals surface area (Å²) in [6.07, 6.45) is 2.21. The molecule has 0 saturated carbocycles. The number of β-amino-alcohol motifs (C(OH)–C–C–N with tert-alkyl or cyclic N) is 1. The second kappa shape index (κ2) is 4.97. The summed E-state index contributed by atoms with van der Waals surface area (Å²) in [5.41, 5.74) is 2.02. The third-order valence-electron chi connectivity index (χ3n) is 4.42. The highest BCUT2D eigenvalue weighted by Gasteiger charge is 2.39. The maximum Gasteiger partial charge on any atom is 0.243 e. The standard InChI is InChI=1S/C15H22N2O3S/c1-11-5-6-13(12-4-3-8-16-14(11)12)21(19,20)17-9-7-15(2,18)10-17/h5-6,16,18H,3-4,7-10H2,1-2H3. The number of sulfonamides is 1. The first-order valence-corrected chi connectivity index (χ1v) is 8.84. The number of hydrogen-bond acceptors (Lipinski definition) is 4. The van der Waals surface area contributed by atoms with Crippen molar-refractivity contribution in [2.45, 2.75) is 43.6 Å². The number of hydrogen-bond donors (Lipinski definition) is 2. The largest absolute Gasteiger partial charge is 0.389 e. The third-order valence-corrected chi connectivity index (χ3v) is 6.35. The van der Waals surface area contributed by atoms with Gasteiger partial charge < -0.3 is 10.4 Å². The van der Waals surface area contributed by atoms with Crippen LogP contribution in [0.2, 0.25) is 0 Å². The molecule has 0 aliphatic carbocycles. The van der Waals surface area contributed by atoms with Crippen LogP contribution in [0, 0.1) is 6.92 Å². The highest BCUT2D eigenvalue weighted by molar-refractivity contribution is 7.89. The van der Waals surface area contributed by atoms with Crippen LogP contribution < -0.4 is 5.32 Å². The molecular weight excluding hydrogens is 288 g/mol. The Labute approximate surface area is 126 Å². The van der Waals surface area contributed by atoms with Crippen molar-refractivity contribution in [3.05, 3.63) is 23.3 Å². The average molecular weight is 310 g/mol. The van der Waals surface area contributed by atoms with E-state index in [0.29, 0.717) is 17.9 Å². The summed E-state index contributed by atoms with van der Waals surface area (Å²) in [4.78, 5) is 0.396. The van der Waals surface area contributed by atoms with Gasteiger partial charge in [0, 0.05) is 25.3 Å². The smallest absolute Gasteiger partial charge is 0.243 e. The van der Waals surface area contributed by atoms with Crippen LogP contribution in [-0.4, -0.2) is 43.1 Å². The van der Waals surface area contributed by atoms with Crippen LogP contribution in [0.15, 0.2) is 17.0 Å². The maximum absolute atomic E-state index is 12.9. The molecule has 2 heterocycles. The van der Waals surface area contributed by atoms with Crippen LogP contribution in [0.4, 0.5) is 5.69 Å². The van der Waals surface area contributed by atoms with Gasteiger partial charge in [-0.3, -0.25) is 0 Å². The molecular formula is C15H22N2O3S. The SMILES string of the molecule is Cc1ccc(S(=O)(=O)N2CCC(C)(O)C2)c2c1NCCC2. The summed E-state index contributed by atoms with van der Waals surface area (Å²) < 4.78 is 27.2. The molecule has 0 aromatic heterocycles. The summed E-state index contributed by atoms with van der Waals surface area (Å²) in [7, 11) is -3.53. The van der Waals surface area contributed by atoms with Crippen molar-refractivity contribution in [1.29, 1.82) is 0 Å². The number of rotatable bonds is 2. The van der Waals surface area contributed by atoms with Gasteiger partial charge in [-0.15, -0.1) is 0 Å². The van der Waals surface area contributed by atoms with E-state index in [-0.39, 0.29) is 6.54 Å². The van der Waals surface area contributed by atoms with E-state index in [1.807, 2.05) is 13.0 Å². The van der Waals surface area contributed by atoms with Crippen molar-refractivity contribution in [3.8, 4) is 0 Å². The van der Waals surface area contributed by atoms with Gasteiger partial charge in [-0.25, -0.2) is 8.42 Å². The third kappa shape index (κ3) is 2.56. The summed E-state index contributed by atoms with van der Waals surface area (Å²) in [5.74, 6) is 0. The molecule has 2 aliphatic heterocycles. The van der Waals surface area contributed by atoms with Gasteiger partial charge in [-0.2, -0.15) is 4.31 Å². The fraction of sp³-hybridized carbons (Fsp3) is 0.600. The highest BCUT2D eigenvalue weighted by Crippen LogP contribution is 2.35. The highest BCUT2D eigenvalue weighted by atomic mass is 32.2. The first-order valence-electron chi connectivity index (χ1n) is 7.40. The van der Waals surface area contributed by atoms with Gasteiger partial charge in [0.15, 0.2) is 0 Å². The molecule has 1 aromatic carbocycles. The number of fused-ring (bicyclic) bond motifs is 1. The normalized spacial score (nSPS) is 26.4. The van der Waals surface area contributed by atoms with Crippen LogP contribution >= 0.6 is 0 Å². The van der Waals surface area contributed by atoms with E-state index in [9.17, 15) is 13.5 Å². The molecule has 1 saturated heterocycles. The lowest BCUT2D eigenvalue weighted by Gasteiger charge is -2.25. The fourth-order valence-corrected chi connectivity index (χ4v) is 5.02. The topological polar surface area (TPSA) is 69.6 Å². The Bertz CT molecular complexity index is 668. The number of anilines is 1. The molecule has 3 rings (SSSR count). The minimum absolute atomic E-state index is 0.172. The lowest BCUT2D eigenvalue weighted by molar-refractivity contribution is 0.0762. The summed E-state index contributed by atoms with van der Waals surface area (Å²) in [6.45, 7) is 5.12. The van der Waals surface area contributed by atoms with Crippen molar-refractivity contribution in [1.82, 2.24) is 4.31 Å². The molecule has 0 spiro atoms. The quantitative estimate of drug-likeness (QED) is 0.868. The molecule has 2 aliphatic rings. The van der Waals surface area contributed by atoms with Crippen LogP contribution in [0.25, 0.3) is 0 Å². The molecule has 116 valence electrons. The van der Waals surface area contributed by atoms with Gasteiger partial charge in [0.05, 0.1) is 10.5 Å². The Hall–Kier alpha value is -1.11. The minimum atomic E-state index is -3.53. The zero-order chi connectivity index (χ0) is 15.3. The van der Waals surface area contributed by atoms with Crippen molar-refractivity contribution in [3.63, 3.8) is 0 Å². The molecule has 1 fully saturated rings. The molecule has 5 nitrogen and oxygen atoms in total. The van der Waals surface area contributed by atoms with Gasteiger partial charge >= 0.3 is 0 Å². The monoisotopic (exact) mass is 310 g/mol. The predicted octanol–water partition coefficient (Wildman–Crippen LogP) is 1.50. The van der Waals surface area contributed by atoms with Crippen molar-refractivity contribution < 1.29 is 13.5 Å². The molecule has 2 N–H and O–H groups in total. The molecule has 0 bridgehead atoms. The van der Waals surface area contributed by atoms with E-state index in [4.69, 9.17) is 0 Å². The van der Waals surface area contributed by atoms with E-state index in [1.54, 1.807) is 13.0 Å². The Kier molecular flexibility index (Phi) is 3.50. The lowest BCUT2D eigenvalue weighted by Crippen LogP contribution is -2.34. The Morgan fingerprint density at radius 2 is 2.14 bits per heavy atom. The van der Waals surface area contributed by atoms with E-state index < -0.39 is 15.6 Å². The molecule has 1 unspecified atom stereocenters. The van der Waals surface area contributed by atoms with Crippen LogP contribution in [0.3, 0.4) is 0 Å². The van der Waals surface area contributed by atoms with Crippen molar-refractivity contribution in [2.24, 2.45) is 0 Å². The van der Waals surface area contributed by atoms with Gasteiger partial charge in [0.1, 0.15) is 0 Å². The van der Waals surface area contributed by atoms with Gasteiger partial charge in [0.2, 0.25) is 10.0 Å². The molecule has 1 atom stereocenters. The van der Waals surface area contributed by atoms with Crippen molar-refractivity contribution >= 4 is 15.7 Å². The average Bonchev–Trinajstić information content (AvgIpc) is 2.80. The van der Waals surface area contributed by atoms with Gasteiger partial charge in [0.25, 0.3) is 0 Å². The number of aryl methyl sites for hydroxylation is 1. The minimum Gasteiger partial charge on any atom is -0.389 e. The zero-order valence-corrected chi connectivity index (χ0v) is 13.3. The summed E-state index contributed by atoms with van der Waals surface area (Å²) >= 11 is 0. The van der Waals surface area contributed by atoms with Crippen LogP contribution in [0.1, 0.15) is 30.9 Å². The van der Waals surface area contributed by atoms with E-state index >= 15 is 0 Å². The zero-order valence-electron chi connectivity index (χ0n) is 12.5. The number of nitrogens with one attached hydrogen (secondary N) is 1. The van der Waals surface area contributed by atoms with E-state index in [0.717, 1.165) is 36.2 Å². The molecule has 0 amide bonds.